The Hall–Kier alpha value is -2.67. The molecule has 0 amide bonds. The maximum Gasteiger partial charge on any atom is 0.358 e. The predicted octanol–water partition coefficient (Wildman–Crippen LogP) is 3.17. The molecule has 1 atom stereocenters. The summed E-state index contributed by atoms with van der Waals surface area (Å²) >= 11 is 3.19. The number of aromatic carboxylic acids is 1. The average molecular weight is 389 g/mol. The van der Waals surface area contributed by atoms with E-state index in [-0.39, 0.29) is 21.5 Å². The van der Waals surface area contributed by atoms with Crippen molar-refractivity contribution < 1.29 is 15.0 Å². The van der Waals surface area contributed by atoms with Crippen LogP contribution >= 0.6 is 15.9 Å². The van der Waals surface area contributed by atoms with Gasteiger partial charge in [0.2, 0.25) is 0 Å². The van der Waals surface area contributed by atoms with Crippen molar-refractivity contribution in [3.8, 4) is 5.75 Å². The third-order valence-electron chi connectivity index (χ3n) is 3.90. The van der Waals surface area contributed by atoms with Gasteiger partial charge in [-0.1, -0.05) is 30.3 Å². The molecule has 0 aliphatic heterocycles. The molecule has 2 aromatic heterocycles. The second-order valence-electron chi connectivity index (χ2n) is 5.31. The molecule has 0 bridgehead atoms. The van der Waals surface area contributed by atoms with Gasteiger partial charge in [0.15, 0.2) is 11.4 Å². The zero-order chi connectivity index (χ0) is 17.4. The Labute approximate surface area is 145 Å². The van der Waals surface area contributed by atoms with Crippen LogP contribution in [0.25, 0.3) is 10.9 Å². The molecule has 0 spiro atoms. The minimum Gasteiger partial charge on any atom is -0.505 e. The number of carboxylic acid groups (broad SMARTS) is 1. The van der Waals surface area contributed by atoms with Gasteiger partial charge in [-0.3, -0.25) is 9.36 Å². The molecule has 6 nitrogen and oxygen atoms in total. The smallest absolute Gasteiger partial charge is 0.358 e. The first-order valence-electron chi connectivity index (χ1n) is 7.12. The highest BCUT2D eigenvalue weighted by molar-refractivity contribution is 9.10. The van der Waals surface area contributed by atoms with Crippen molar-refractivity contribution in [1.82, 2.24) is 9.55 Å². The lowest BCUT2D eigenvalue weighted by Gasteiger charge is -2.19. The Kier molecular flexibility index (Phi) is 4.11. The van der Waals surface area contributed by atoms with Crippen LogP contribution in [0.2, 0.25) is 0 Å². The van der Waals surface area contributed by atoms with Gasteiger partial charge in [-0.05, 0) is 34.5 Å². The Morgan fingerprint density at radius 3 is 2.58 bits per heavy atom. The molecule has 3 rings (SSSR count). The van der Waals surface area contributed by atoms with Crippen molar-refractivity contribution in [2.75, 3.05) is 0 Å². The van der Waals surface area contributed by atoms with E-state index in [9.17, 15) is 14.7 Å². The van der Waals surface area contributed by atoms with Gasteiger partial charge in [-0.25, -0.2) is 9.78 Å². The number of nitrogens with zero attached hydrogens (tertiary/aromatic N) is 2. The van der Waals surface area contributed by atoms with Gasteiger partial charge in [-0.2, -0.15) is 0 Å². The minimum atomic E-state index is -1.33. The zero-order valence-electron chi connectivity index (χ0n) is 12.6. The molecular formula is C17H13BrN2O4. The van der Waals surface area contributed by atoms with Crippen molar-refractivity contribution >= 4 is 32.8 Å². The maximum absolute atomic E-state index is 12.6. The van der Waals surface area contributed by atoms with Gasteiger partial charge >= 0.3 is 5.97 Å². The molecule has 122 valence electrons. The van der Waals surface area contributed by atoms with Crippen LogP contribution in [0.4, 0.5) is 0 Å². The van der Waals surface area contributed by atoms with Crippen LogP contribution in [0.1, 0.15) is 29.0 Å². The third kappa shape index (κ3) is 2.56. The molecule has 0 unspecified atom stereocenters. The van der Waals surface area contributed by atoms with Gasteiger partial charge in [0.05, 0.1) is 22.2 Å². The molecule has 3 aromatic rings. The van der Waals surface area contributed by atoms with Gasteiger partial charge in [-0.15, -0.1) is 0 Å². The largest absolute Gasteiger partial charge is 0.505 e. The lowest BCUT2D eigenvalue weighted by Crippen LogP contribution is -2.25. The minimum absolute atomic E-state index is 0.232. The molecule has 0 aliphatic rings. The van der Waals surface area contributed by atoms with E-state index in [1.54, 1.807) is 0 Å². The molecule has 0 aliphatic carbocycles. The summed E-state index contributed by atoms with van der Waals surface area (Å²) in [6, 6.07) is 10.5. The summed E-state index contributed by atoms with van der Waals surface area (Å²) in [5.74, 6) is -1.80. The number of carbonyl (C=O) groups is 1. The van der Waals surface area contributed by atoms with E-state index in [0.717, 1.165) is 5.56 Å². The average Bonchev–Trinajstić information content (AvgIpc) is 2.57. The van der Waals surface area contributed by atoms with Gasteiger partial charge in [0.25, 0.3) is 5.56 Å². The second kappa shape index (κ2) is 6.09. The predicted molar refractivity (Wildman–Crippen MR) is 92.6 cm³/mol. The summed E-state index contributed by atoms with van der Waals surface area (Å²) < 4.78 is 1.71. The molecule has 7 heteroatoms. The Balaban J connectivity index is 2.35. The van der Waals surface area contributed by atoms with Crippen molar-refractivity contribution in [3.63, 3.8) is 0 Å². The fourth-order valence-electron chi connectivity index (χ4n) is 2.67. The highest BCUT2D eigenvalue weighted by Crippen LogP contribution is 2.30. The van der Waals surface area contributed by atoms with Crippen LogP contribution in [0.15, 0.2) is 51.9 Å². The molecule has 2 heterocycles. The standard InChI is InChI=1S/C17H13BrN2O4/c1-9(10-5-3-2-4-6-10)20-13-8-19-14(17(23)24)15(21)11(13)7-12(18)16(20)22/h2-9,21H,1H3,(H,23,24)/t9-/m0/s1. The van der Waals surface area contributed by atoms with Crippen molar-refractivity contribution in [1.29, 1.82) is 0 Å². The normalized spacial score (nSPS) is 12.2. The molecule has 0 saturated carbocycles. The molecule has 0 radical (unpaired) electrons. The highest BCUT2D eigenvalue weighted by atomic mass is 79.9. The zero-order valence-corrected chi connectivity index (χ0v) is 14.2. The fraction of sp³-hybridized carbons (Fsp3) is 0.118. The van der Waals surface area contributed by atoms with Crippen molar-refractivity contribution in [2.24, 2.45) is 0 Å². The van der Waals surface area contributed by atoms with E-state index >= 15 is 0 Å². The van der Waals surface area contributed by atoms with Gasteiger partial charge in [0.1, 0.15) is 0 Å². The summed E-state index contributed by atoms with van der Waals surface area (Å²) in [6.07, 6.45) is 1.30. The van der Waals surface area contributed by atoms with Crippen molar-refractivity contribution in [2.45, 2.75) is 13.0 Å². The van der Waals surface area contributed by atoms with Gasteiger partial charge < -0.3 is 10.2 Å². The molecule has 24 heavy (non-hydrogen) atoms. The van der Waals surface area contributed by atoms with Gasteiger partial charge in [0, 0.05) is 5.39 Å². The number of aromatic hydroxyl groups is 1. The first-order chi connectivity index (χ1) is 11.4. The first-order valence-corrected chi connectivity index (χ1v) is 7.92. The van der Waals surface area contributed by atoms with E-state index in [1.165, 1.54) is 16.8 Å². The number of benzene rings is 1. The number of pyridine rings is 2. The van der Waals surface area contributed by atoms with E-state index < -0.39 is 17.4 Å². The summed E-state index contributed by atoms with van der Waals surface area (Å²) in [5.41, 5.74) is 0.526. The topological polar surface area (TPSA) is 92.4 Å². The molecule has 1 aromatic carbocycles. The van der Waals surface area contributed by atoms with E-state index in [4.69, 9.17) is 5.11 Å². The third-order valence-corrected chi connectivity index (χ3v) is 4.46. The Morgan fingerprint density at radius 1 is 1.29 bits per heavy atom. The number of halogens is 1. The number of aromatic nitrogens is 2. The fourth-order valence-corrected chi connectivity index (χ4v) is 3.09. The summed E-state index contributed by atoms with van der Waals surface area (Å²) in [4.78, 5) is 27.6. The van der Waals surface area contributed by atoms with E-state index in [0.29, 0.717) is 5.52 Å². The number of rotatable bonds is 3. The quantitative estimate of drug-likeness (QED) is 0.718. The lowest BCUT2D eigenvalue weighted by molar-refractivity contribution is 0.0687. The van der Waals surface area contributed by atoms with Crippen LogP contribution in [0.3, 0.4) is 0 Å². The van der Waals surface area contributed by atoms with Crippen LogP contribution in [0.5, 0.6) is 5.75 Å². The number of hydrogen-bond donors (Lipinski definition) is 2. The summed E-state index contributed by atoms with van der Waals surface area (Å²) in [7, 11) is 0. The van der Waals surface area contributed by atoms with E-state index in [1.807, 2.05) is 37.3 Å². The second-order valence-corrected chi connectivity index (χ2v) is 6.17. The number of carboxylic acids is 1. The monoisotopic (exact) mass is 388 g/mol. The molecule has 2 N–H and O–H groups in total. The van der Waals surface area contributed by atoms with Crippen LogP contribution in [-0.4, -0.2) is 25.7 Å². The maximum atomic E-state index is 12.6. The van der Waals surface area contributed by atoms with Crippen LogP contribution in [-0.2, 0) is 0 Å². The molecule has 0 saturated heterocycles. The number of fused-ring (bicyclic) bond motifs is 1. The summed E-state index contributed by atoms with van der Waals surface area (Å²) in [6.45, 7) is 1.85. The van der Waals surface area contributed by atoms with E-state index in [2.05, 4.69) is 20.9 Å². The summed E-state index contributed by atoms with van der Waals surface area (Å²) in [5, 5.41) is 19.6. The Morgan fingerprint density at radius 2 is 1.96 bits per heavy atom. The van der Waals surface area contributed by atoms with Crippen LogP contribution in [0, 0.1) is 0 Å². The first kappa shape index (κ1) is 16.2. The van der Waals surface area contributed by atoms with Crippen molar-refractivity contribution in [3.05, 3.63) is 68.7 Å². The molecule has 0 fully saturated rings. The number of hydrogen-bond acceptors (Lipinski definition) is 4. The SMILES string of the molecule is C[C@@H](c1ccccc1)n1c(=O)c(Br)cc2c(O)c(C(=O)O)ncc21. The van der Waals surface area contributed by atoms with Crippen LogP contribution < -0.4 is 5.56 Å². The molecular weight excluding hydrogens is 376 g/mol. The lowest BCUT2D eigenvalue weighted by atomic mass is 10.1. The Bertz CT molecular complexity index is 999. The highest BCUT2D eigenvalue weighted by Gasteiger charge is 2.20.